The van der Waals surface area contributed by atoms with E-state index in [9.17, 15) is 9.90 Å². The monoisotopic (exact) mass is 330 g/mol. The van der Waals surface area contributed by atoms with Crippen molar-refractivity contribution in [2.24, 2.45) is 0 Å². The highest BCUT2D eigenvalue weighted by Crippen LogP contribution is 2.17. The molecule has 1 atom stereocenters. The Labute approximate surface area is 137 Å². The number of aliphatic hydroxyl groups excluding tert-OH is 1. The second-order valence-corrected chi connectivity index (χ2v) is 6.52. The van der Waals surface area contributed by atoms with Gasteiger partial charge in [-0.1, -0.05) is 6.07 Å². The van der Waals surface area contributed by atoms with Crippen LogP contribution in [0.15, 0.2) is 40.8 Å². The summed E-state index contributed by atoms with van der Waals surface area (Å²) in [6.45, 7) is 4.27. The van der Waals surface area contributed by atoms with E-state index in [0.717, 1.165) is 16.9 Å². The third kappa shape index (κ3) is 3.60. The highest BCUT2D eigenvalue weighted by Gasteiger charge is 2.11. The van der Waals surface area contributed by atoms with E-state index < -0.39 is 6.10 Å². The van der Waals surface area contributed by atoms with Crippen molar-refractivity contribution in [3.05, 3.63) is 57.5 Å². The van der Waals surface area contributed by atoms with E-state index in [2.05, 4.69) is 11.1 Å². The van der Waals surface area contributed by atoms with Gasteiger partial charge < -0.3 is 9.84 Å². The van der Waals surface area contributed by atoms with Crippen LogP contribution in [0.4, 0.5) is 0 Å². The largest absolute Gasteiger partial charge is 0.491 e. The second-order valence-electron chi connectivity index (χ2n) is 5.63. The van der Waals surface area contributed by atoms with Gasteiger partial charge in [-0.25, -0.2) is 4.98 Å². The van der Waals surface area contributed by atoms with Crippen molar-refractivity contribution in [1.29, 1.82) is 0 Å². The average molecular weight is 330 g/mol. The Morgan fingerprint density at radius 1 is 1.30 bits per heavy atom. The molecule has 1 unspecified atom stereocenters. The van der Waals surface area contributed by atoms with Crippen molar-refractivity contribution in [3.8, 4) is 5.75 Å². The molecular weight excluding hydrogens is 312 g/mol. The van der Waals surface area contributed by atoms with Crippen molar-refractivity contribution in [3.63, 3.8) is 0 Å². The van der Waals surface area contributed by atoms with Gasteiger partial charge in [0.15, 0.2) is 0 Å². The summed E-state index contributed by atoms with van der Waals surface area (Å²) >= 11 is 1.43. The first-order valence-corrected chi connectivity index (χ1v) is 8.22. The van der Waals surface area contributed by atoms with Gasteiger partial charge in [0, 0.05) is 0 Å². The Morgan fingerprint density at radius 2 is 2.04 bits per heavy atom. The summed E-state index contributed by atoms with van der Waals surface area (Å²) in [5.74, 6) is 0.723. The summed E-state index contributed by atoms with van der Waals surface area (Å²) in [6.07, 6.45) is 0.688. The van der Waals surface area contributed by atoms with Crippen molar-refractivity contribution >= 4 is 21.6 Å². The van der Waals surface area contributed by atoms with Crippen LogP contribution in [0.1, 0.15) is 11.1 Å². The number of hydrogen-bond donors (Lipinski definition) is 1. The summed E-state index contributed by atoms with van der Waals surface area (Å²) < 4.78 is 7.05. The van der Waals surface area contributed by atoms with Gasteiger partial charge in [-0.3, -0.25) is 9.36 Å². The predicted octanol–water partition coefficient (Wildman–Crippen LogP) is 2.51. The van der Waals surface area contributed by atoms with E-state index in [1.165, 1.54) is 22.2 Å². The van der Waals surface area contributed by atoms with Crippen LogP contribution in [0, 0.1) is 13.8 Å². The first kappa shape index (κ1) is 15.7. The summed E-state index contributed by atoms with van der Waals surface area (Å²) in [4.78, 5) is 17.2. The predicted molar refractivity (Wildman–Crippen MR) is 91.3 cm³/mol. The Morgan fingerprint density at radius 3 is 2.78 bits per heavy atom. The van der Waals surface area contributed by atoms with E-state index in [-0.39, 0.29) is 18.7 Å². The molecule has 0 radical (unpaired) electrons. The molecule has 0 aliphatic rings. The van der Waals surface area contributed by atoms with Gasteiger partial charge in [0.25, 0.3) is 5.56 Å². The van der Waals surface area contributed by atoms with Crippen LogP contribution in [0.25, 0.3) is 10.2 Å². The minimum atomic E-state index is -0.786. The molecule has 0 spiro atoms. The molecule has 0 bridgehead atoms. The first-order chi connectivity index (χ1) is 11.0. The molecule has 2 heterocycles. The van der Waals surface area contributed by atoms with Gasteiger partial charge in [-0.2, -0.15) is 0 Å². The number of aromatic nitrogens is 2. The third-order valence-corrected chi connectivity index (χ3v) is 4.32. The second kappa shape index (κ2) is 6.52. The zero-order chi connectivity index (χ0) is 16.4. The zero-order valence-electron chi connectivity index (χ0n) is 13.0. The molecule has 5 nitrogen and oxygen atoms in total. The summed E-state index contributed by atoms with van der Waals surface area (Å²) in [7, 11) is 0. The molecule has 0 aliphatic carbocycles. The van der Waals surface area contributed by atoms with Crippen molar-refractivity contribution < 1.29 is 9.84 Å². The molecule has 1 N–H and O–H groups in total. The van der Waals surface area contributed by atoms with E-state index in [1.807, 2.05) is 31.4 Å². The van der Waals surface area contributed by atoms with Gasteiger partial charge in [0.1, 0.15) is 23.3 Å². The highest BCUT2D eigenvalue weighted by molar-refractivity contribution is 7.16. The molecular formula is C17H18N2O3S. The van der Waals surface area contributed by atoms with Gasteiger partial charge in [0.2, 0.25) is 0 Å². The smallest absolute Gasteiger partial charge is 0.262 e. The molecule has 120 valence electrons. The Balaban J connectivity index is 1.67. The molecule has 0 fully saturated rings. The van der Waals surface area contributed by atoms with Gasteiger partial charge in [-0.05, 0) is 48.6 Å². The maximum Gasteiger partial charge on any atom is 0.262 e. The van der Waals surface area contributed by atoms with Crippen LogP contribution in [0.2, 0.25) is 0 Å². The number of hydrogen-bond acceptors (Lipinski definition) is 5. The minimum absolute atomic E-state index is 0.122. The van der Waals surface area contributed by atoms with Gasteiger partial charge >= 0.3 is 0 Å². The number of rotatable bonds is 5. The lowest BCUT2D eigenvalue weighted by atomic mass is 10.1. The fraction of sp³-hybridized carbons (Fsp3) is 0.294. The number of benzene rings is 1. The SMILES string of the molecule is Cc1cc(C)cc(OCC(O)Cn2cnc3sccc3c2=O)c1. The summed E-state index contributed by atoms with van der Waals surface area (Å²) in [5.41, 5.74) is 2.08. The maximum atomic E-state index is 12.3. The number of thiophene rings is 1. The number of aliphatic hydroxyl groups is 1. The molecule has 0 saturated heterocycles. The van der Waals surface area contributed by atoms with E-state index in [1.54, 1.807) is 6.07 Å². The minimum Gasteiger partial charge on any atom is -0.491 e. The zero-order valence-corrected chi connectivity index (χ0v) is 13.8. The maximum absolute atomic E-state index is 12.3. The summed E-state index contributed by atoms with van der Waals surface area (Å²) in [5, 5.41) is 12.6. The molecule has 0 amide bonds. The first-order valence-electron chi connectivity index (χ1n) is 7.35. The van der Waals surface area contributed by atoms with Gasteiger partial charge in [0.05, 0.1) is 18.3 Å². The lowest BCUT2D eigenvalue weighted by Gasteiger charge is -2.14. The molecule has 1 aromatic carbocycles. The van der Waals surface area contributed by atoms with Crippen molar-refractivity contribution in [1.82, 2.24) is 9.55 Å². The average Bonchev–Trinajstić information content (AvgIpc) is 2.96. The summed E-state index contributed by atoms with van der Waals surface area (Å²) in [6, 6.07) is 7.66. The van der Waals surface area contributed by atoms with E-state index in [0.29, 0.717) is 10.2 Å². The number of fused-ring (bicyclic) bond motifs is 1. The van der Waals surface area contributed by atoms with E-state index >= 15 is 0 Å². The fourth-order valence-corrected chi connectivity index (χ4v) is 3.24. The number of aryl methyl sites for hydroxylation is 2. The number of ether oxygens (including phenoxy) is 1. The molecule has 3 rings (SSSR count). The molecule has 2 aromatic heterocycles. The third-order valence-electron chi connectivity index (χ3n) is 3.50. The van der Waals surface area contributed by atoms with Crippen LogP contribution in [-0.2, 0) is 6.54 Å². The molecule has 0 saturated carbocycles. The van der Waals surface area contributed by atoms with Crippen molar-refractivity contribution in [2.45, 2.75) is 26.5 Å². The van der Waals surface area contributed by atoms with Crippen molar-refractivity contribution in [2.75, 3.05) is 6.61 Å². The van der Waals surface area contributed by atoms with Gasteiger partial charge in [-0.15, -0.1) is 11.3 Å². The number of nitrogens with zero attached hydrogens (tertiary/aromatic N) is 2. The quantitative estimate of drug-likeness (QED) is 0.781. The topological polar surface area (TPSA) is 64.3 Å². The Kier molecular flexibility index (Phi) is 4.45. The standard InChI is InChI=1S/C17H18N2O3S/c1-11-5-12(2)7-14(6-11)22-9-13(20)8-19-10-18-16-15(17(19)21)3-4-23-16/h3-7,10,13,20H,8-9H2,1-2H3. The highest BCUT2D eigenvalue weighted by atomic mass is 32.1. The normalized spacial score (nSPS) is 12.5. The van der Waals surface area contributed by atoms with Crippen LogP contribution < -0.4 is 10.3 Å². The molecule has 3 aromatic rings. The lowest BCUT2D eigenvalue weighted by Crippen LogP contribution is -2.30. The molecule has 23 heavy (non-hydrogen) atoms. The van der Waals surface area contributed by atoms with E-state index in [4.69, 9.17) is 4.74 Å². The Bertz CT molecular complexity index is 865. The lowest BCUT2D eigenvalue weighted by molar-refractivity contribution is 0.0914. The van der Waals surface area contributed by atoms with Crippen LogP contribution >= 0.6 is 11.3 Å². The molecule has 0 aliphatic heterocycles. The fourth-order valence-electron chi connectivity index (χ4n) is 2.51. The van der Waals surface area contributed by atoms with Crippen LogP contribution in [0.3, 0.4) is 0 Å². The van der Waals surface area contributed by atoms with Crippen LogP contribution in [0.5, 0.6) is 5.75 Å². The molecule has 6 heteroatoms. The van der Waals surface area contributed by atoms with Crippen LogP contribution in [-0.4, -0.2) is 27.4 Å². The Hall–Kier alpha value is -2.18.